The van der Waals surface area contributed by atoms with E-state index in [-0.39, 0.29) is 40.6 Å². The zero-order chi connectivity index (χ0) is 32.1. The molecule has 0 radical (unpaired) electrons. The van der Waals surface area contributed by atoms with Gasteiger partial charge >= 0.3 is 0 Å². The lowest BCUT2D eigenvalue weighted by Gasteiger charge is -2.45. The molecule has 0 spiro atoms. The number of carbonyl (C=O) groups is 3. The fraction of sp³-hybridized carbons (Fsp3) is 0.743. The van der Waals surface area contributed by atoms with Crippen LogP contribution in [0.25, 0.3) is 0 Å². The van der Waals surface area contributed by atoms with Crippen LogP contribution >= 0.6 is 0 Å². The van der Waals surface area contributed by atoms with Gasteiger partial charge in [-0.25, -0.2) is 8.78 Å². The summed E-state index contributed by atoms with van der Waals surface area (Å²) in [5, 5.41) is 0. The second-order valence-corrected chi connectivity index (χ2v) is 16.0. The molecule has 6 nitrogen and oxygen atoms in total. The zero-order valence-corrected chi connectivity index (χ0v) is 27.8. The van der Waals surface area contributed by atoms with Gasteiger partial charge in [0.15, 0.2) is 5.78 Å². The van der Waals surface area contributed by atoms with Crippen molar-refractivity contribution in [2.45, 2.75) is 130 Å². The molecule has 0 N–H and O–H groups in total. The predicted octanol–water partition coefficient (Wildman–Crippen LogP) is 6.57. The zero-order valence-electron chi connectivity index (χ0n) is 27.8. The van der Waals surface area contributed by atoms with Crippen LogP contribution in [0, 0.1) is 28.4 Å². The summed E-state index contributed by atoms with van der Waals surface area (Å²) in [4.78, 5) is 47.9. The molecule has 2 saturated heterocycles. The molecule has 1 aromatic rings. The smallest absolute Gasteiger partial charge is 0.228 e. The summed E-state index contributed by atoms with van der Waals surface area (Å²) < 4.78 is 29.0. The number of benzene rings is 1. The van der Waals surface area contributed by atoms with Gasteiger partial charge in [-0.15, -0.1) is 0 Å². The van der Waals surface area contributed by atoms with Gasteiger partial charge in [-0.05, 0) is 69.9 Å². The van der Waals surface area contributed by atoms with Gasteiger partial charge in [-0.2, -0.15) is 0 Å². The summed E-state index contributed by atoms with van der Waals surface area (Å²) >= 11 is 0. The summed E-state index contributed by atoms with van der Waals surface area (Å²) in [6, 6.07) is 2.77. The third kappa shape index (κ3) is 7.15. The Labute approximate surface area is 257 Å². The summed E-state index contributed by atoms with van der Waals surface area (Å²) in [5.41, 5.74) is -0.300. The van der Waals surface area contributed by atoms with Crippen LogP contribution in [-0.2, 0) is 14.4 Å². The van der Waals surface area contributed by atoms with Crippen LogP contribution in [0.3, 0.4) is 0 Å². The maximum atomic E-state index is 15.1. The van der Waals surface area contributed by atoms with E-state index in [1.165, 1.54) is 12.1 Å². The number of Topliss-reactive ketones (excluding diaryl/α,β-unsaturated/α-hetero) is 1. The van der Waals surface area contributed by atoms with Crippen molar-refractivity contribution in [3.05, 3.63) is 35.4 Å². The Bertz CT molecular complexity index is 1210. The van der Waals surface area contributed by atoms with Gasteiger partial charge in [-0.1, -0.05) is 47.6 Å². The lowest BCUT2D eigenvalue weighted by molar-refractivity contribution is -0.147. The van der Waals surface area contributed by atoms with E-state index in [0.29, 0.717) is 38.0 Å². The molecule has 1 saturated carbocycles. The molecule has 2 aliphatic heterocycles. The normalized spacial score (nSPS) is 27.0. The van der Waals surface area contributed by atoms with Crippen LogP contribution in [0.5, 0.6) is 0 Å². The van der Waals surface area contributed by atoms with Crippen molar-refractivity contribution in [1.29, 1.82) is 0 Å². The Morgan fingerprint density at radius 1 is 0.953 bits per heavy atom. The molecular formula is C35H53F2N3O3. The largest absolute Gasteiger partial charge is 0.334 e. The van der Waals surface area contributed by atoms with E-state index in [9.17, 15) is 18.8 Å². The predicted molar refractivity (Wildman–Crippen MR) is 165 cm³/mol. The van der Waals surface area contributed by atoms with Crippen molar-refractivity contribution in [1.82, 2.24) is 14.7 Å². The van der Waals surface area contributed by atoms with Gasteiger partial charge in [0.05, 0.1) is 18.0 Å². The monoisotopic (exact) mass is 601 g/mol. The molecule has 0 bridgehead atoms. The Hall–Kier alpha value is -2.35. The van der Waals surface area contributed by atoms with E-state index in [2.05, 4.69) is 39.5 Å². The average Bonchev–Trinajstić information content (AvgIpc) is 3.54. The van der Waals surface area contributed by atoms with Crippen LogP contribution < -0.4 is 0 Å². The van der Waals surface area contributed by atoms with Crippen LogP contribution in [0.2, 0.25) is 0 Å². The fourth-order valence-electron chi connectivity index (χ4n) is 7.41. The van der Waals surface area contributed by atoms with Crippen LogP contribution in [-0.4, -0.2) is 75.6 Å². The highest BCUT2D eigenvalue weighted by molar-refractivity contribution is 5.91. The van der Waals surface area contributed by atoms with E-state index < -0.39 is 34.9 Å². The van der Waals surface area contributed by atoms with Crippen LogP contribution in [0.1, 0.15) is 112 Å². The minimum absolute atomic E-state index is 0.0148. The third-order valence-corrected chi connectivity index (χ3v) is 10.2. The van der Waals surface area contributed by atoms with E-state index in [1.54, 1.807) is 4.90 Å². The number of carbonyl (C=O) groups excluding carboxylic acids is 3. The van der Waals surface area contributed by atoms with Gasteiger partial charge in [0.1, 0.15) is 11.6 Å². The Morgan fingerprint density at radius 3 is 2.12 bits per heavy atom. The van der Waals surface area contributed by atoms with Gasteiger partial charge in [0, 0.05) is 55.0 Å². The number of likely N-dealkylation sites (tertiary alicyclic amines) is 2. The SMILES string of the molecule is CCC(=O)[C@H]1C[C@H](N(C(=O)C(C)(C)C)C2CCC(C)(C)CC2)CN1C(=O)[C@@H]1CN(C(C)(C)C)C[C@H]1c1ccc(F)cc1F. The number of nitrogens with zero attached hydrogens (tertiary/aromatic N) is 3. The fourth-order valence-corrected chi connectivity index (χ4v) is 7.41. The van der Waals surface area contributed by atoms with Crippen molar-refractivity contribution < 1.29 is 23.2 Å². The highest BCUT2D eigenvalue weighted by Gasteiger charge is 2.51. The summed E-state index contributed by atoms with van der Waals surface area (Å²) in [7, 11) is 0. The lowest BCUT2D eigenvalue weighted by atomic mass is 9.74. The van der Waals surface area contributed by atoms with Crippen LogP contribution in [0.15, 0.2) is 18.2 Å². The number of hydrogen-bond donors (Lipinski definition) is 0. The lowest BCUT2D eigenvalue weighted by Crippen LogP contribution is -2.54. The number of amides is 2. The number of hydrogen-bond acceptors (Lipinski definition) is 4. The molecule has 3 fully saturated rings. The maximum absolute atomic E-state index is 15.1. The second kappa shape index (κ2) is 12.2. The maximum Gasteiger partial charge on any atom is 0.228 e. The minimum atomic E-state index is -0.652. The molecule has 2 amide bonds. The van der Waals surface area contributed by atoms with Crippen molar-refractivity contribution in [3.63, 3.8) is 0 Å². The first-order valence-electron chi connectivity index (χ1n) is 16.2. The van der Waals surface area contributed by atoms with Crippen molar-refractivity contribution in [2.24, 2.45) is 16.7 Å². The van der Waals surface area contributed by atoms with Gasteiger partial charge < -0.3 is 9.80 Å². The molecule has 3 aliphatic rings. The molecule has 4 atom stereocenters. The van der Waals surface area contributed by atoms with E-state index >= 15 is 4.39 Å². The third-order valence-electron chi connectivity index (χ3n) is 10.2. The first-order valence-corrected chi connectivity index (χ1v) is 16.2. The second-order valence-electron chi connectivity index (χ2n) is 16.0. The molecule has 240 valence electrons. The Balaban J connectivity index is 1.69. The average molecular weight is 602 g/mol. The van der Waals surface area contributed by atoms with E-state index in [0.717, 1.165) is 31.7 Å². The molecule has 8 heteroatoms. The van der Waals surface area contributed by atoms with E-state index in [4.69, 9.17) is 0 Å². The quantitative estimate of drug-likeness (QED) is 0.370. The first-order chi connectivity index (χ1) is 19.8. The summed E-state index contributed by atoms with van der Waals surface area (Å²) in [6.45, 7) is 19.5. The van der Waals surface area contributed by atoms with E-state index in [1.807, 2.05) is 32.6 Å². The van der Waals surface area contributed by atoms with Crippen molar-refractivity contribution in [2.75, 3.05) is 19.6 Å². The van der Waals surface area contributed by atoms with Gasteiger partial charge in [0.2, 0.25) is 11.8 Å². The van der Waals surface area contributed by atoms with Crippen molar-refractivity contribution >= 4 is 17.6 Å². The molecule has 4 rings (SSSR count). The standard InChI is InChI=1S/C35H53F2N3O3/c1-10-30(41)29-18-24(40(32(43)33(2,3)4)23-13-15-35(8,9)16-14-23)19-39(29)31(42)27-21-38(34(5,6)7)20-26(27)25-12-11-22(36)17-28(25)37/h11-12,17,23-24,26-27,29H,10,13-16,18-21H2,1-9H3/t24-,26-,27+,29+/m0/s1. The topological polar surface area (TPSA) is 60.9 Å². The molecule has 0 aromatic heterocycles. The molecule has 43 heavy (non-hydrogen) atoms. The number of ketones is 1. The van der Waals surface area contributed by atoms with Gasteiger partial charge in [0.25, 0.3) is 0 Å². The molecule has 2 heterocycles. The Morgan fingerprint density at radius 2 is 1.58 bits per heavy atom. The molecule has 1 aliphatic carbocycles. The molecular weight excluding hydrogens is 548 g/mol. The van der Waals surface area contributed by atoms with Gasteiger partial charge in [-0.3, -0.25) is 19.3 Å². The minimum Gasteiger partial charge on any atom is -0.334 e. The molecule has 1 aromatic carbocycles. The van der Waals surface area contributed by atoms with Crippen LogP contribution in [0.4, 0.5) is 8.78 Å². The van der Waals surface area contributed by atoms with Crippen molar-refractivity contribution in [3.8, 4) is 0 Å². The first kappa shape index (κ1) is 33.5. The molecule has 0 unspecified atom stereocenters. The summed E-state index contributed by atoms with van der Waals surface area (Å²) in [6.07, 6.45) is 4.56. The number of rotatable bonds is 6. The summed E-state index contributed by atoms with van der Waals surface area (Å²) in [5.74, 6) is -2.50. The number of halogens is 2. The highest BCUT2D eigenvalue weighted by atomic mass is 19.1. The highest BCUT2D eigenvalue weighted by Crippen LogP contribution is 2.42. The Kier molecular flexibility index (Phi) is 9.52.